The number of aryl methyl sites for hydroxylation is 2. The molecule has 0 aliphatic heterocycles. The van der Waals surface area contributed by atoms with Gasteiger partial charge in [0.25, 0.3) is 0 Å². The maximum Gasteiger partial charge on any atom is 0.237 e. The molecule has 0 heterocycles. The second-order valence-electron chi connectivity index (χ2n) is 5.49. The van der Waals surface area contributed by atoms with Gasteiger partial charge >= 0.3 is 0 Å². The van der Waals surface area contributed by atoms with Crippen LogP contribution in [0.2, 0.25) is 0 Å². The van der Waals surface area contributed by atoms with Crippen LogP contribution in [0.3, 0.4) is 0 Å². The Hall–Kier alpha value is -1.74. The van der Waals surface area contributed by atoms with Gasteiger partial charge in [-0.2, -0.15) is 0 Å². The molecule has 0 N–H and O–H groups in total. The predicted octanol–water partition coefficient (Wildman–Crippen LogP) is 4.84. The van der Waals surface area contributed by atoms with Crippen LogP contribution in [0.4, 0.5) is 5.69 Å². The second-order valence-corrected chi connectivity index (χ2v) is 6.53. The molecule has 0 spiro atoms. The number of rotatable bonds is 6. The third-order valence-corrected chi connectivity index (χ3v) is 4.44. The van der Waals surface area contributed by atoms with Gasteiger partial charge < -0.3 is 4.90 Å². The summed E-state index contributed by atoms with van der Waals surface area (Å²) < 4.78 is 0. The summed E-state index contributed by atoms with van der Waals surface area (Å²) >= 11 is 1.60. The molecule has 2 aromatic rings. The van der Waals surface area contributed by atoms with E-state index in [-0.39, 0.29) is 5.91 Å². The van der Waals surface area contributed by atoms with Crippen molar-refractivity contribution in [1.82, 2.24) is 0 Å². The van der Waals surface area contributed by atoms with Gasteiger partial charge in [-0.3, -0.25) is 4.79 Å². The van der Waals surface area contributed by atoms with Gasteiger partial charge in [-0.15, -0.1) is 11.8 Å². The fourth-order valence-corrected chi connectivity index (χ4v) is 3.05. The maximum absolute atomic E-state index is 12.6. The smallest absolute Gasteiger partial charge is 0.237 e. The van der Waals surface area contributed by atoms with Crippen molar-refractivity contribution >= 4 is 23.4 Å². The summed E-state index contributed by atoms with van der Waals surface area (Å²) in [7, 11) is 0. The molecule has 0 saturated carbocycles. The van der Waals surface area contributed by atoms with Crippen LogP contribution in [0, 0.1) is 13.8 Å². The number of carbonyl (C=O) groups excluding carboxylic acids is 1. The van der Waals surface area contributed by atoms with E-state index < -0.39 is 0 Å². The van der Waals surface area contributed by atoms with E-state index in [2.05, 4.69) is 57.2 Å². The van der Waals surface area contributed by atoms with E-state index in [9.17, 15) is 4.79 Å². The fourth-order valence-electron chi connectivity index (χ4n) is 2.27. The molecule has 0 bridgehead atoms. The van der Waals surface area contributed by atoms with Crippen LogP contribution in [0.1, 0.15) is 24.5 Å². The van der Waals surface area contributed by atoms with Crippen molar-refractivity contribution in [2.24, 2.45) is 0 Å². The molecule has 0 saturated heterocycles. The summed E-state index contributed by atoms with van der Waals surface area (Å²) in [5.41, 5.74) is 3.41. The van der Waals surface area contributed by atoms with Crippen LogP contribution in [-0.2, 0) is 4.79 Å². The highest BCUT2D eigenvalue weighted by atomic mass is 32.2. The van der Waals surface area contributed by atoms with Crippen molar-refractivity contribution in [2.75, 3.05) is 17.2 Å². The van der Waals surface area contributed by atoms with E-state index in [0.29, 0.717) is 5.75 Å². The lowest BCUT2D eigenvalue weighted by Crippen LogP contribution is -2.33. The van der Waals surface area contributed by atoms with Gasteiger partial charge in [-0.25, -0.2) is 0 Å². The molecule has 3 heteroatoms. The highest BCUT2D eigenvalue weighted by Crippen LogP contribution is 2.22. The van der Waals surface area contributed by atoms with E-state index in [1.165, 1.54) is 11.1 Å². The fraction of sp³-hybridized carbons (Fsp3) is 0.316. The lowest BCUT2D eigenvalue weighted by molar-refractivity contribution is -0.116. The largest absolute Gasteiger partial charge is 0.312 e. The van der Waals surface area contributed by atoms with Crippen LogP contribution >= 0.6 is 11.8 Å². The van der Waals surface area contributed by atoms with Gasteiger partial charge in [0.2, 0.25) is 5.91 Å². The van der Waals surface area contributed by atoms with Gasteiger partial charge in [0.05, 0.1) is 5.75 Å². The molecule has 0 aliphatic carbocycles. The van der Waals surface area contributed by atoms with Gasteiger partial charge in [0.15, 0.2) is 0 Å². The van der Waals surface area contributed by atoms with Gasteiger partial charge in [-0.1, -0.05) is 36.8 Å². The first-order chi connectivity index (χ1) is 10.6. The minimum Gasteiger partial charge on any atom is -0.312 e. The lowest BCUT2D eigenvalue weighted by atomic mass is 10.2. The lowest BCUT2D eigenvalue weighted by Gasteiger charge is -2.22. The molecule has 0 fully saturated rings. The number of amides is 1. The number of carbonyl (C=O) groups is 1. The number of anilines is 1. The van der Waals surface area contributed by atoms with Crippen LogP contribution < -0.4 is 4.90 Å². The zero-order valence-corrected chi connectivity index (χ0v) is 14.3. The number of hydrogen-bond acceptors (Lipinski definition) is 2. The van der Waals surface area contributed by atoms with E-state index >= 15 is 0 Å². The quantitative estimate of drug-likeness (QED) is 0.711. The Morgan fingerprint density at radius 3 is 2.41 bits per heavy atom. The van der Waals surface area contributed by atoms with Crippen molar-refractivity contribution in [3.8, 4) is 0 Å². The van der Waals surface area contributed by atoms with Crippen molar-refractivity contribution in [3.63, 3.8) is 0 Å². The Bertz CT molecular complexity index is 622. The highest BCUT2D eigenvalue weighted by molar-refractivity contribution is 8.00. The normalized spacial score (nSPS) is 10.5. The highest BCUT2D eigenvalue weighted by Gasteiger charge is 2.15. The summed E-state index contributed by atoms with van der Waals surface area (Å²) in [5.74, 6) is 0.634. The van der Waals surface area contributed by atoms with Crippen LogP contribution in [0.5, 0.6) is 0 Å². The Morgan fingerprint density at radius 2 is 1.77 bits per heavy atom. The number of nitrogens with zero attached hydrogens (tertiary/aromatic N) is 1. The van der Waals surface area contributed by atoms with Crippen molar-refractivity contribution in [3.05, 3.63) is 59.7 Å². The molecule has 0 aliphatic rings. The van der Waals surface area contributed by atoms with Crippen LogP contribution in [-0.4, -0.2) is 18.2 Å². The first-order valence-electron chi connectivity index (χ1n) is 7.66. The summed E-state index contributed by atoms with van der Waals surface area (Å²) in [5, 5.41) is 0. The Balaban J connectivity index is 2.05. The third kappa shape index (κ3) is 4.63. The number of benzene rings is 2. The molecule has 116 valence electrons. The molecule has 22 heavy (non-hydrogen) atoms. The average Bonchev–Trinajstić information content (AvgIpc) is 2.52. The second kappa shape index (κ2) is 8.04. The minimum atomic E-state index is 0.165. The summed E-state index contributed by atoms with van der Waals surface area (Å²) in [4.78, 5) is 15.6. The SMILES string of the molecule is CCCN(C(=O)CSc1ccc(C)cc1)c1cccc(C)c1. The molecular formula is C19H23NOS. The summed E-state index contributed by atoms with van der Waals surface area (Å²) in [6, 6.07) is 16.5. The Labute approximate surface area is 137 Å². The Morgan fingerprint density at radius 1 is 1.05 bits per heavy atom. The molecule has 0 radical (unpaired) electrons. The van der Waals surface area contributed by atoms with Gasteiger partial charge in [-0.05, 0) is 50.1 Å². The molecule has 0 aromatic heterocycles. The topological polar surface area (TPSA) is 20.3 Å². The van der Waals surface area contributed by atoms with Crippen LogP contribution in [0.25, 0.3) is 0 Å². The zero-order chi connectivity index (χ0) is 15.9. The van der Waals surface area contributed by atoms with E-state index in [4.69, 9.17) is 0 Å². The van der Waals surface area contributed by atoms with Gasteiger partial charge in [0, 0.05) is 17.1 Å². The van der Waals surface area contributed by atoms with Gasteiger partial charge in [0.1, 0.15) is 0 Å². The number of hydrogen-bond donors (Lipinski definition) is 0. The first-order valence-corrected chi connectivity index (χ1v) is 8.65. The summed E-state index contributed by atoms with van der Waals surface area (Å²) in [6.45, 7) is 6.99. The van der Waals surface area contributed by atoms with Crippen molar-refractivity contribution in [2.45, 2.75) is 32.1 Å². The minimum absolute atomic E-state index is 0.165. The van der Waals surface area contributed by atoms with E-state index in [1.54, 1.807) is 11.8 Å². The Kier molecular flexibility index (Phi) is 6.08. The van der Waals surface area contributed by atoms with Crippen molar-refractivity contribution < 1.29 is 4.79 Å². The number of thioether (sulfide) groups is 1. The monoisotopic (exact) mass is 313 g/mol. The molecular weight excluding hydrogens is 290 g/mol. The average molecular weight is 313 g/mol. The maximum atomic E-state index is 12.6. The van der Waals surface area contributed by atoms with Crippen LogP contribution in [0.15, 0.2) is 53.4 Å². The zero-order valence-electron chi connectivity index (χ0n) is 13.5. The molecule has 1 amide bonds. The molecule has 0 atom stereocenters. The third-order valence-electron chi connectivity index (χ3n) is 3.44. The van der Waals surface area contributed by atoms with E-state index in [0.717, 1.165) is 23.5 Å². The molecule has 2 rings (SSSR count). The summed E-state index contributed by atoms with van der Waals surface area (Å²) in [6.07, 6.45) is 0.953. The first kappa shape index (κ1) is 16.6. The molecule has 0 unspecified atom stereocenters. The molecule has 2 aromatic carbocycles. The molecule has 2 nitrogen and oxygen atoms in total. The van der Waals surface area contributed by atoms with Crippen molar-refractivity contribution in [1.29, 1.82) is 0 Å². The van der Waals surface area contributed by atoms with E-state index in [1.807, 2.05) is 17.0 Å². The standard InChI is InChI=1S/C19H23NOS/c1-4-12-20(17-7-5-6-16(3)13-17)19(21)14-22-18-10-8-15(2)9-11-18/h5-11,13H,4,12,14H2,1-3H3. The predicted molar refractivity (Wildman–Crippen MR) is 95.7 cm³/mol.